The summed E-state index contributed by atoms with van der Waals surface area (Å²) in [6.07, 6.45) is 2.38. The fraction of sp³-hybridized carbons (Fsp3) is 0.296. The predicted octanol–water partition coefficient (Wildman–Crippen LogP) is 1.49. The number of rotatable bonds is 4. The first-order chi connectivity index (χ1) is 13.5. The zero-order chi connectivity index (χ0) is 20.5. The Morgan fingerprint density at radius 1 is 0.667 bits per heavy atom. The van der Waals surface area contributed by atoms with Gasteiger partial charge in [0, 0.05) is 0 Å². The van der Waals surface area contributed by atoms with E-state index >= 15 is 0 Å². The average molecular weight is 519 g/mol. The summed E-state index contributed by atoms with van der Waals surface area (Å²) >= 11 is 1.30. The monoisotopic (exact) mass is 516 g/mol. The minimum atomic E-state index is 0. The van der Waals surface area contributed by atoms with Gasteiger partial charge in [-0.2, -0.15) is 11.1 Å². The minimum absolute atomic E-state index is 0. The van der Waals surface area contributed by atoms with Gasteiger partial charge in [0.05, 0.1) is 0 Å². The van der Waals surface area contributed by atoms with E-state index in [1.54, 1.807) is 0 Å². The van der Waals surface area contributed by atoms with Crippen molar-refractivity contribution in [3.05, 3.63) is 83.9 Å². The molecule has 0 aliphatic rings. The van der Waals surface area contributed by atoms with Crippen molar-refractivity contribution in [2.75, 3.05) is 0 Å². The van der Waals surface area contributed by atoms with Crippen LogP contribution in [0.25, 0.3) is 21.5 Å². The zero-order valence-electron chi connectivity index (χ0n) is 18.5. The van der Waals surface area contributed by atoms with Gasteiger partial charge < -0.3 is 24.8 Å². The molecule has 0 fully saturated rings. The molecule has 0 nitrogen and oxygen atoms in total. The summed E-state index contributed by atoms with van der Waals surface area (Å²) in [6, 6.07) is 26.2. The second kappa shape index (κ2) is 14.9. The Balaban J connectivity index is 0.000000488. The zero-order valence-corrected chi connectivity index (χ0v) is 22.4. The van der Waals surface area contributed by atoms with Gasteiger partial charge >= 0.3 is 28.4 Å². The molecule has 3 heteroatoms. The molecule has 0 atom stereocenters. The summed E-state index contributed by atoms with van der Waals surface area (Å²) in [5.74, 6) is 1.48. The van der Waals surface area contributed by atoms with Crippen LogP contribution in [0.4, 0.5) is 0 Å². The molecule has 30 heavy (non-hydrogen) atoms. The maximum Gasteiger partial charge on any atom is -1.00 e. The van der Waals surface area contributed by atoms with Crippen LogP contribution < -0.4 is 24.8 Å². The first-order valence-electron chi connectivity index (χ1n) is 10.2. The number of hydrogen-bond acceptors (Lipinski definition) is 0. The van der Waals surface area contributed by atoms with Crippen molar-refractivity contribution >= 4 is 25.8 Å². The number of halogens is 2. The van der Waals surface area contributed by atoms with Gasteiger partial charge in [-0.05, 0) is 0 Å². The van der Waals surface area contributed by atoms with E-state index in [1.165, 1.54) is 69.7 Å². The molecular weight excluding hydrogens is 486 g/mol. The fourth-order valence-electron chi connectivity index (χ4n) is 3.67. The number of benzene rings is 2. The third-order valence-electron chi connectivity index (χ3n) is 4.80. The second-order valence-corrected chi connectivity index (χ2v) is 8.09. The van der Waals surface area contributed by atoms with E-state index in [2.05, 4.69) is 105 Å². The van der Waals surface area contributed by atoms with Crippen LogP contribution >= 0.6 is 0 Å². The van der Waals surface area contributed by atoms with Gasteiger partial charge in [-0.25, -0.2) is 0 Å². The van der Waals surface area contributed by atoms with E-state index in [0.717, 1.165) is 11.8 Å². The standard InChI is InChI=1S/2C13H15.CH2.2ClH.Zr/c2*1-10(2)9-12-8-7-11-5-3-4-6-13(11)12;;;;/h2*3-8,10H,9H2,1-2H3;1H2;2*1H;/q2*-1;;;;+2/p-2. The van der Waals surface area contributed by atoms with Gasteiger partial charge in [0.15, 0.2) is 0 Å². The summed E-state index contributed by atoms with van der Waals surface area (Å²) in [7, 11) is 0. The van der Waals surface area contributed by atoms with Gasteiger partial charge in [0.1, 0.15) is 0 Å². The Morgan fingerprint density at radius 3 is 1.33 bits per heavy atom. The molecule has 4 aromatic carbocycles. The van der Waals surface area contributed by atoms with E-state index in [0.29, 0.717) is 0 Å². The molecule has 0 radical (unpaired) electrons. The normalized spacial score (nSPS) is 10.0. The van der Waals surface area contributed by atoms with E-state index in [4.69, 9.17) is 0 Å². The summed E-state index contributed by atoms with van der Waals surface area (Å²) in [6.45, 7) is 9.06. The SMILES string of the molecule is CC(C)Cc1c[cH-]c2ccccc12.CC(C)Cc1c[cH-]c2ccccc12.[CH2]=[Zr+2].[Cl-].[Cl-]. The topological polar surface area (TPSA) is 0 Å². The van der Waals surface area contributed by atoms with Crippen LogP contribution in [0.2, 0.25) is 0 Å². The molecule has 0 spiro atoms. The predicted molar refractivity (Wildman–Crippen MR) is 123 cm³/mol. The molecule has 0 aromatic heterocycles. The Labute approximate surface area is 209 Å². The van der Waals surface area contributed by atoms with Crippen LogP contribution in [-0.2, 0) is 37.1 Å². The molecule has 0 amide bonds. The van der Waals surface area contributed by atoms with E-state index in [1.807, 2.05) is 0 Å². The van der Waals surface area contributed by atoms with Gasteiger partial charge in [0.25, 0.3) is 0 Å². The molecule has 0 bridgehead atoms. The number of hydrogen-bond donors (Lipinski definition) is 0. The van der Waals surface area contributed by atoms with Crippen LogP contribution in [0.5, 0.6) is 0 Å². The molecule has 0 heterocycles. The third-order valence-corrected chi connectivity index (χ3v) is 4.80. The summed E-state index contributed by atoms with van der Waals surface area (Å²) < 4.78 is 3.34. The van der Waals surface area contributed by atoms with Crippen molar-refractivity contribution in [1.29, 1.82) is 0 Å². The molecule has 0 unspecified atom stereocenters. The summed E-state index contributed by atoms with van der Waals surface area (Å²) in [4.78, 5) is 0. The molecule has 0 saturated heterocycles. The van der Waals surface area contributed by atoms with Crippen molar-refractivity contribution in [2.45, 2.75) is 40.5 Å². The number of fused-ring (bicyclic) bond motifs is 2. The molecule has 4 rings (SSSR count). The van der Waals surface area contributed by atoms with Crippen LogP contribution in [0.15, 0.2) is 72.8 Å². The maximum atomic E-state index is 3.34. The van der Waals surface area contributed by atoms with E-state index < -0.39 is 0 Å². The fourth-order valence-corrected chi connectivity index (χ4v) is 3.67. The quantitative estimate of drug-likeness (QED) is 0.359. The van der Waals surface area contributed by atoms with Crippen molar-refractivity contribution in [3.63, 3.8) is 0 Å². The van der Waals surface area contributed by atoms with Crippen molar-refractivity contribution in [3.8, 4) is 0 Å². The van der Waals surface area contributed by atoms with Crippen LogP contribution in [0, 0.1) is 11.8 Å². The minimum Gasteiger partial charge on any atom is -1.00 e. The largest absolute Gasteiger partial charge is 1.00 e. The van der Waals surface area contributed by atoms with Crippen molar-refractivity contribution in [2.24, 2.45) is 11.8 Å². The average Bonchev–Trinajstić information content (AvgIpc) is 3.28. The molecule has 0 aliphatic carbocycles. The van der Waals surface area contributed by atoms with Gasteiger partial charge in [-0.1, -0.05) is 64.5 Å². The van der Waals surface area contributed by atoms with Crippen LogP contribution in [-0.4, -0.2) is 4.21 Å². The van der Waals surface area contributed by atoms with Crippen LogP contribution in [0.1, 0.15) is 38.8 Å². The smallest absolute Gasteiger partial charge is 1.00 e. The van der Waals surface area contributed by atoms with Crippen molar-refractivity contribution < 1.29 is 49.0 Å². The summed E-state index contributed by atoms with van der Waals surface area (Å²) in [5.41, 5.74) is 2.98. The van der Waals surface area contributed by atoms with E-state index in [-0.39, 0.29) is 24.8 Å². The maximum absolute atomic E-state index is 3.34. The van der Waals surface area contributed by atoms with E-state index in [9.17, 15) is 0 Å². The first kappa shape index (κ1) is 29.0. The Bertz CT molecular complexity index is 899. The molecule has 0 aliphatic heterocycles. The second-order valence-electron chi connectivity index (χ2n) is 8.09. The molecule has 160 valence electrons. The Morgan fingerprint density at radius 2 is 1.00 bits per heavy atom. The molecule has 0 N–H and O–H groups in total. The van der Waals surface area contributed by atoms with Gasteiger partial charge in [-0.15, -0.1) is 82.2 Å². The molecule has 0 saturated carbocycles. The summed E-state index contributed by atoms with van der Waals surface area (Å²) in [5, 5.41) is 5.60. The third kappa shape index (κ3) is 8.26. The van der Waals surface area contributed by atoms with Gasteiger partial charge in [0.2, 0.25) is 0 Å². The van der Waals surface area contributed by atoms with Crippen LogP contribution in [0.3, 0.4) is 0 Å². The Hall–Kier alpha value is -1.01. The molecule has 4 aromatic rings. The first-order valence-corrected chi connectivity index (χ1v) is 11.9. The molecular formula is C27H32Cl2Zr-2. The van der Waals surface area contributed by atoms with Gasteiger partial charge in [-0.3, -0.25) is 0 Å². The Kier molecular flexibility index (Phi) is 14.4. The van der Waals surface area contributed by atoms with Crippen molar-refractivity contribution in [1.82, 2.24) is 0 Å².